The molecule has 1 amide bonds. The molecule has 0 spiro atoms. The van der Waals surface area contributed by atoms with E-state index in [4.69, 9.17) is 5.73 Å². The fourth-order valence-electron chi connectivity index (χ4n) is 1.47. The molecule has 0 fully saturated rings. The van der Waals surface area contributed by atoms with Gasteiger partial charge in [-0.25, -0.2) is 0 Å². The fourth-order valence-corrected chi connectivity index (χ4v) is 1.81. The van der Waals surface area contributed by atoms with Gasteiger partial charge in [-0.2, -0.15) is 0 Å². The summed E-state index contributed by atoms with van der Waals surface area (Å²) in [5.74, 6) is 0.188. The van der Waals surface area contributed by atoms with E-state index in [0.717, 1.165) is 5.56 Å². The molecule has 1 unspecified atom stereocenters. The number of thiol groups is 1. The Morgan fingerprint density at radius 3 is 3.06 bits per heavy atom. The SMILES string of the molecule is NC1=CC(=O)NC(S)N1Cc1cccnc1. The van der Waals surface area contributed by atoms with E-state index in [1.807, 2.05) is 12.1 Å². The molecule has 16 heavy (non-hydrogen) atoms. The molecule has 1 aromatic rings. The summed E-state index contributed by atoms with van der Waals surface area (Å²) >= 11 is 4.26. The first kappa shape index (κ1) is 10.8. The van der Waals surface area contributed by atoms with Crippen molar-refractivity contribution in [2.45, 2.75) is 12.0 Å². The third-order valence-electron chi connectivity index (χ3n) is 2.25. The van der Waals surface area contributed by atoms with Crippen molar-refractivity contribution in [2.75, 3.05) is 0 Å². The summed E-state index contributed by atoms with van der Waals surface area (Å²) in [5, 5.41) is 2.65. The monoisotopic (exact) mass is 236 g/mol. The highest BCUT2D eigenvalue weighted by Crippen LogP contribution is 2.15. The average molecular weight is 236 g/mol. The predicted octanol–water partition coefficient (Wildman–Crippen LogP) is 0.0269. The van der Waals surface area contributed by atoms with Crippen LogP contribution in [0.25, 0.3) is 0 Å². The van der Waals surface area contributed by atoms with Crippen LogP contribution in [0.3, 0.4) is 0 Å². The van der Waals surface area contributed by atoms with Gasteiger partial charge in [0, 0.05) is 25.0 Å². The van der Waals surface area contributed by atoms with Crippen molar-refractivity contribution in [1.29, 1.82) is 0 Å². The van der Waals surface area contributed by atoms with Crippen molar-refractivity contribution < 1.29 is 4.79 Å². The highest BCUT2D eigenvalue weighted by Gasteiger charge is 2.22. The Morgan fingerprint density at radius 2 is 2.44 bits per heavy atom. The van der Waals surface area contributed by atoms with Crippen LogP contribution in [-0.4, -0.2) is 21.3 Å². The molecule has 5 nitrogen and oxygen atoms in total. The average Bonchev–Trinajstić information content (AvgIpc) is 2.25. The van der Waals surface area contributed by atoms with Gasteiger partial charge in [-0.1, -0.05) is 6.07 Å². The quantitative estimate of drug-likeness (QED) is 0.633. The van der Waals surface area contributed by atoms with Gasteiger partial charge in [0.15, 0.2) is 0 Å². The minimum absolute atomic E-state index is 0.222. The maximum absolute atomic E-state index is 11.1. The zero-order valence-electron chi connectivity index (χ0n) is 8.50. The molecular weight excluding hydrogens is 224 g/mol. The van der Waals surface area contributed by atoms with Gasteiger partial charge >= 0.3 is 0 Å². The first-order chi connectivity index (χ1) is 7.66. The van der Waals surface area contributed by atoms with Crippen molar-refractivity contribution in [1.82, 2.24) is 15.2 Å². The number of nitrogens with one attached hydrogen (secondary N) is 1. The zero-order valence-corrected chi connectivity index (χ0v) is 9.39. The van der Waals surface area contributed by atoms with E-state index >= 15 is 0 Å². The zero-order chi connectivity index (χ0) is 11.5. The molecule has 84 valence electrons. The van der Waals surface area contributed by atoms with E-state index in [1.165, 1.54) is 6.08 Å². The highest BCUT2D eigenvalue weighted by atomic mass is 32.1. The van der Waals surface area contributed by atoms with Crippen LogP contribution in [0.2, 0.25) is 0 Å². The Morgan fingerprint density at radius 1 is 1.62 bits per heavy atom. The van der Waals surface area contributed by atoms with E-state index in [0.29, 0.717) is 12.4 Å². The number of nitrogens with zero attached hydrogens (tertiary/aromatic N) is 2. The molecule has 1 aromatic heterocycles. The van der Waals surface area contributed by atoms with Crippen molar-refractivity contribution in [3.05, 3.63) is 42.0 Å². The lowest BCUT2D eigenvalue weighted by molar-refractivity contribution is -0.118. The van der Waals surface area contributed by atoms with Gasteiger partial charge < -0.3 is 16.0 Å². The van der Waals surface area contributed by atoms with Crippen LogP contribution < -0.4 is 11.1 Å². The lowest BCUT2D eigenvalue weighted by Crippen LogP contribution is -2.49. The van der Waals surface area contributed by atoms with Gasteiger partial charge in [0.1, 0.15) is 11.3 Å². The molecule has 6 heteroatoms. The Labute approximate surface area is 98.7 Å². The summed E-state index contributed by atoms with van der Waals surface area (Å²) in [4.78, 5) is 16.9. The molecule has 1 aliphatic rings. The second kappa shape index (κ2) is 4.44. The van der Waals surface area contributed by atoms with Crippen LogP contribution in [0.15, 0.2) is 36.4 Å². The molecule has 0 bridgehead atoms. The second-order valence-electron chi connectivity index (χ2n) is 3.44. The number of hydrogen-bond donors (Lipinski definition) is 3. The van der Waals surface area contributed by atoms with Crippen LogP contribution in [0.1, 0.15) is 5.56 Å². The van der Waals surface area contributed by atoms with Gasteiger partial charge in [-0.3, -0.25) is 9.78 Å². The standard InChI is InChI=1S/C10H12N4OS/c11-8-4-9(15)13-10(16)14(8)6-7-2-1-3-12-5-7/h1-5,10,16H,6,11H2,(H,13,15). The second-order valence-corrected chi connectivity index (χ2v) is 3.93. The van der Waals surface area contributed by atoms with Crippen LogP contribution in [0.4, 0.5) is 0 Å². The Bertz CT molecular complexity index is 420. The number of nitrogens with two attached hydrogens (primary N) is 1. The third kappa shape index (κ3) is 2.27. The highest BCUT2D eigenvalue weighted by molar-refractivity contribution is 7.80. The Balaban J connectivity index is 2.15. The summed E-state index contributed by atoms with van der Waals surface area (Å²) in [6.07, 6.45) is 4.81. The number of pyridine rings is 1. The van der Waals surface area contributed by atoms with E-state index in [1.54, 1.807) is 17.3 Å². The number of aromatic nitrogens is 1. The van der Waals surface area contributed by atoms with Crippen LogP contribution >= 0.6 is 12.6 Å². The lowest BCUT2D eigenvalue weighted by Gasteiger charge is -2.33. The maximum Gasteiger partial charge on any atom is 0.249 e. The molecule has 1 aliphatic heterocycles. The van der Waals surface area contributed by atoms with E-state index < -0.39 is 5.50 Å². The molecule has 1 atom stereocenters. The predicted molar refractivity (Wildman–Crippen MR) is 63.0 cm³/mol. The molecular formula is C10H12N4OS. The number of rotatable bonds is 2. The van der Waals surface area contributed by atoms with E-state index in [9.17, 15) is 4.79 Å². The summed E-state index contributed by atoms with van der Waals surface area (Å²) < 4.78 is 0. The molecule has 0 radical (unpaired) electrons. The summed E-state index contributed by atoms with van der Waals surface area (Å²) in [7, 11) is 0. The Hall–Kier alpha value is -1.69. The number of carbonyl (C=O) groups is 1. The van der Waals surface area contributed by atoms with Gasteiger partial charge in [-0.05, 0) is 11.6 Å². The molecule has 0 saturated heterocycles. The van der Waals surface area contributed by atoms with Crippen molar-refractivity contribution >= 4 is 18.5 Å². The summed E-state index contributed by atoms with van der Waals surface area (Å²) in [6.45, 7) is 0.560. The van der Waals surface area contributed by atoms with Crippen molar-refractivity contribution in [2.24, 2.45) is 5.73 Å². The molecule has 0 aromatic carbocycles. The third-order valence-corrected chi connectivity index (χ3v) is 2.66. The summed E-state index contributed by atoms with van der Waals surface area (Å²) in [5.41, 5.74) is 6.37. The molecule has 2 heterocycles. The molecule has 0 aliphatic carbocycles. The van der Waals surface area contributed by atoms with Crippen LogP contribution in [0.5, 0.6) is 0 Å². The number of hydrogen-bond acceptors (Lipinski definition) is 5. The first-order valence-corrected chi connectivity index (χ1v) is 5.30. The van der Waals surface area contributed by atoms with Gasteiger partial charge in [-0.15, -0.1) is 12.6 Å². The molecule has 2 rings (SSSR count). The number of amides is 1. The Kier molecular flexibility index (Phi) is 3.00. The summed E-state index contributed by atoms with van der Waals surface area (Å²) in [6, 6.07) is 3.79. The fraction of sp³-hybridized carbons (Fsp3) is 0.200. The molecule has 0 saturated carbocycles. The van der Waals surface area contributed by atoms with Crippen molar-refractivity contribution in [3.8, 4) is 0 Å². The van der Waals surface area contributed by atoms with Crippen LogP contribution in [-0.2, 0) is 11.3 Å². The van der Waals surface area contributed by atoms with Crippen LogP contribution in [0, 0.1) is 0 Å². The van der Waals surface area contributed by atoms with E-state index in [-0.39, 0.29) is 5.91 Å². The van der Waals surface area contributed by atoms with Gasteiger partial charge in [0.25, 0.3) is 0 Å². The lowest BCUT2D eigenvalue weighted by atomic mass is 10.2. The minimum Gasteiger partial charge on any atom is -0.385 e. The van der Waals surface area contributed by atoms with Gasteiger partial charge in [0.2, 0.25) is 5.91 Å². The topological polar surface area (TPSA) is 71.2 Å². The smallest absolute Gasteiger partial charge is 0.249 e. The minimum atomic E-state index is -0.405. The van der Waals surface area contributed by atoms with Crippen molar-refractivity contribution in [3.63, 3.8) is 0 Å². The number of carbonyl (C=O) groups excluding carboxylic acids is 1. The maximum atomic E-state index is 11.1. The van der Waals surface area contributed by atoms with E-state index in [2.05, 4.69) is 22.9 Å². The normalized spacial score (nSPS) is 20.3. The first-order valence-electron chi connectivity index (χ1n) is 4.78. The largest absolute Gasteiger partial charge is 0.385 e. The van der Waals surface area contributed by atoms with Gasteiger partial charge in [0.05, 0.1) is 0 Å². The molecule has 3 N–H and O–H groups in total.